The molecule has 1 unspecified atom stereocenters. The van der Waals surface area contributed by atoms with Crippen LogP contribution in [0.1, 0.15) is 13.3 Å². The quantitative estimate of drug-likeness (QED) is 0.645. The number of nitrogens with two attached hydrogens (primary N) is 1. The average Bonchev–Trinajstić information content (AvgIpc) is 2.10. The number of likely N-dealkylation sites (N-methyl/N-ethyl adjacent to an activating group) is 1. The third kappa shape index (κ3) is 2.42. The third-order valence-electron chi connectivity index (χ3n) is 2.56. The van der Waals surface area contributed by atoms with Crippen LogP contribution in [0.4, 0.5) is 0 Å². The zero-order valence-corrected chi connectivity index (χ0v) is 8.49. The second-order valence-electron chi connectivity index (χ2n) is 3.64. The van der Waals surface area contributed by atoms with Crippen LogP contribution in [0, 0.1) is 0 Å². The minimum atomic E-state index is 0.231. The number of carbonyl (C=O) groups is 1. The van der Waals surface area contributed by atoms with Crippen LogP contribution in [-0.2, 0) is 4.79 Å². The minimum absolute atomic E-state index is 0.231. The van der Waals surface area contributed by atoms with E-state index in [2.05, 4.69) is 6.92 Å². The van der Waals surface area contributed by atoms with Gasteiger partial charge in [0.1, 0.15) is 0 Å². The summed E-state index contributed by atoms with van der Waals surface area (Å²) >= 11 is 0. The highest BCUT2D eigenvalue weighted by Gasteiger charge is 2.27. The summed E-state index contributed by atoms with van der Waals surface area (Å²) in [6, 6.07) is 0.337. The summed E-state index contributed by atoms with van der Waals surface area (Å²) in [6.07, 6.45) is 1.02. The smallest absolute Gasteiger partial charge is 0.236 e. The molecule has 13 heavy (non-hydrogen) atoms. The summed E-state index contributed by atoms with van der Waals surface area (Å²) in [4.78, 5) is 15.4. The lowest BCUT2D eigenvalue weighted by Gasteiger charge is -2.38. The van der Waals surface area contributed by atoms with Gasteiger partial charge >= 0.3 is 0 Å². The van der Waals surface area contributed by atoms with Gasteiger partial charge in [-0.3, -0.25) is 9.69 Å². The lowest BCUT2D eigenvalue weighted by atomic mass is 10.1. The Balaban J connectivity index is 2.53. The summed E-state index contributed by atoms with van der Waals surface area (Å²) in [5.41, 5.74) is 5.62. The molecule has 1 amide bonds. The van der Waals surface area contributed by atoms with Crippen molar-refractivity contribution in [3.63, 3.8) is 0 Å². The first kappa shape index (κ1) is 10.5. The maximum Gasteiger partial charge on any atom is 0.236 e. The zero-order chi connectivity index (χ0) is 9.84. The van der Waals surface area contributed by atoms with Gasteiger partial charge in [-0.05, 0) is 13.5 Å². The molecule has 1 aliphatic rings. The fourth-order valence-electron chi connectivity index (χ4n) is 1.68. The molecule has 4 heteroatoms. The average molecular weight is 185 g/mol. The molecule has 1 aliphatic heterocycles. The van der Waals surface area contributed by atoms with Crippen molar-refractivity contribution in [1.29, 1.82) is 0 Å². The number of rotatable bonds is 3. The van der Waals surface area contributed by atoms with E-state index in [4.69, 9.17) is 5.73 Å². The van der Waals surface area contributed by atoms with Gasteiger partial charge in [0, 0.05) is 25.7 Å². The number of nitrogens with zero attached hydrogens (tertiary/aromatic N) is 2. The van der Waals surface area contributed by atoms with Crippen molar-refractivity contribution >= 4 is 5.91 Å². The van der Waals surface area contributed by atoms with E-state index < -0.39 is 0 Å². The summed E-state index contributed by atoms with van der Waals surface area (Å²) in [5, 5.41) is 0. The van der Waals surface area contributed by atoms with Crippen LogP contribution in [-0.4, -0.2) is 55.0 Å². The first-order valence-corrected chi connectivity index (χ1v) is 4.87. The van der Waals surface area contributed by atoms with Gasteiger partial charge in [0.2, 0.25) is 5.91 Å². The second-order valence-corrected chi connectivity index (χ2v) is 3.64. The molecule has 1 atom stereocenters. The second kappa shape index (κ2) is 4.58. The summed E-state index contributed by atoms with van der Waals surface area (Å²) in [6.45, 7) is 4.89. The Hall–Kier alpha value is -0.610. The van der Waals surface area contributed by atoms with E-state index in [1.165, 1.54) is 0 Å². The van der Waals surface area contributed by atoms with Crippen molar-refractivity contribution < 1.29 is 4.79 Å². The molecule has 0 radical (unpaired) electrons. The molecular formula is C9H19N3O. The van der Waals surface area contributed by atoms with Crippen LogP contribution in [0.15, 0.2) is 0 Å². The summed E-state index contributed by atoms with van der Waals surface area (Å²) in [5.74, 6) is 0.231. The van der Waals surface area contributed by atoms with Crippen molar-refractivity contribution in [2.45, 2.75) is 19.4 Å². The van der Waals surface area contributed by atoms with Gasteiger partial charge in [-0.2, -0.15) is 0 Å². The maximum atomic E-state index is 11.5. The Morgan fingerprint density at radius 2 is 2.31 bits per heavy atom. The molecule has 2 N–H and O–H groups in total. The Kier molecular flexibility index (Phi) is 3.69. The fraction of sp³-hybridized carbons (Fsp3) is 0.889. The van der Waals surface area contributed by atoms with Crippen molar-refractivity contribution in [1.82, 2.24) is 9.80 Å². The Morgan fingerprint density at radius 1 is 1.62 bits per heavy atom. The number of hydrogen-bond donors (Lipinski definition) is 1. The molecule has 0 aromatic rings. The molecule has 0 aromatic carbocycles. The van der Waals surface area contributed by atoms with E-state index in [1.807, 2.05) is 16.8 Å². The lowest BCUT2D eigenvalue weighted by molar-refractivity contribution is -0.137. The van der Waals surface area contributed by atoms with E-state index in [0.29, 0.717) is 19.1 Å². The largest absolute Gasteiger partial charge is 0.340 e. The van der Waals surface area contributed by atoms with E-state index in [0.717, 1.165) is 19.5 Å². The number of amides is 1. The normalized spacial score (nSPS) is 25.3. The van der Waals surface area contributed by atoms with Crippen LogP contribution in [0.3, 0.4) is 0 Å². The molecular weight excluding hydrogens is 166 g/mol. The summed E-state index contributed by atoms with van der Waals surface area (Å²) in [7, 11) is 1.96. The van der Waals surface area contributed by atoms with Crippen LogP contribution < -0.4 is 5.73 Å². The van der Waals surface area contributed by atoms with Crippen LogP contribution in [0.25, 0.3) is 0 Å². The van der Waals surface area contributed by atoms with Gasteiger partial charge in [0.25, 0.3) is 0 Å². The van der Waals surface area contributed by atoms with Gasteiger partial charge < -0.3 is 10.6 Å². The lowest BCUT2D eigenvalue weighted by Crippen LogP contribution is -2.57. The van der Waals surface area contributed by atoms with Crippen LogP contribution in [0.2, 0.25) is 0 Å². The van der Waals surface area contributed by atoms with E-state index in [9.17, 15) is 4.79 Å². The van der Waals surface area contributed by atoms with Crippen molar-refractivity contribution in [2.75, 3.05) is 33.2 Å². The van der Waals surface area contributed by atoms with Crippen molar-refractivity contribution in [3.8, 4) is 0 Å². The van der Waals surface area contributed by atoms with Crippen molar-refractivity contribution in [3.05, 3.63) is 0 Å². The highest BCUT2D eigenvalue weighted by atomic mass is 16.2. The molecule has 4 nitrogen and oxygen atoms in total. The SMILES string of the molecule is CCCN1CC(CN)N(C)CC1=O. The molecule has 0 bridgehead atoms. The van der Waals surface area contributed by atoms with Crippen LogP contribution in [0.5, 0.6) is 0 Å². The molecule has 0 aliphatic carbocycles. The van der Waals surface area contributed by atoms with E-state index >= 15 is 0 Å². The predicted octanol–water partition coefficient (Wildman–Crippen LogP) is -0.502. The zero-order valence-electron chi connectivity index (χ0n) is 8.49. The third-order valence-corrected chi connectivity index (χ3v) is 2.56. The molecule has 76 valence electrons. The molecule has 1 fully saturated rings. The van der Waals surface area contributed by atoms with Crippen molar-refractivity contribution in [2.24, 2.45) is 5.73 Å². The molecule has 0 saturated carbocycles. The number of hydrogen-bond acceptors (Lipinski definition) is 3. The molecule has 0 spiro atoms. The van der Waals surface area contributed by atoms with Gasteiger partial charge in [-0.25, -0.2) is 0 Å². The minimum Gasteiger partial charge on any atom is -0.340 e. The maximum absolute atomic E-state index is 11.5. The Morgan fingerprint density at radius 3 is 2.85 bits per heavy atom. The van der Waals surface area contributed by atoms with Gasteiger partial charge in [-0.1, -0.05) is 6.92 Å². The Labute approximate surface area is 79.7 Å². The fourth-order valence-corrected chi connectivity index (χ4v) is 1.68. The van der Waals surface area contributed by atoms with E-state index in [-0.39, 0.29) is 5.91 Å². The monoisotopic (exact) mass is 185 g/mol. The van der Waals surface area contributed by atoms with Gasteiger partial charge in [-0.15, -0.1) is 0 Å². The molecule has 0 aromatic heterocycles. The first-order valence-electron chi connectivity index (χ1n) is 4.87. The first-order chi connectivity index (χ1) is 6.19. The van der Waals surface area contributed by atoms with Crippen LogP contribution >= 0.6 is 0 Å². The molecule has 1 heterocycles. The number of carbonyl (C=O) groups excluding carboxylic acids is 1. The number of piperazine rings is 1. The van der Waals surface area contributed by atoms with Gasteiger partial charge in [0.05, 0.1) is 6.54 Å². The molecule has 1 rings (SSSR count). The predicted molar refractivity (Wildman–Crippen MR) is 52.3 cm³/mol. The van der Waals surface area contributed by atoms with E-state index in [1.54, 1.807) is 0 Å². The highest BCUT2D eigenvalue weighted by Crippen LogP contribution is 2.07. The highest BCUT2D eigenvalue weighted by molar-refractivity contribution is 5.79. The summed E-state index contributed by atoms with van der Waals surface area (Å²) < 4.78 is 0. The topological polar surface area (TPSA) is 49.6 Å². The van der Waals surface area contributed by atoms with Gasteiger partial charge in [0.15, 0.2) is 0 Å². The Bertz CT molecular complexity index is 184. The molecule has 1 saturated heterocycles. The standard InChI is InChI=1S/C9H19N3O/c1-3-4-12-6-8(5-10)11(2)7-9(12)13/h8H,3-7,10H2,1-2H3.